The molecule has 0 radical (unpaired) electrons. The fourth-order valence-corrected chi connectivity index (χ4v) is 3.73. The van der Waals surface area contributed by atoms with Crippen molar-refractivity contribution < 1.29 is 4.79 Å². The number of pyridine rings is 1. The van der Waals surface area contributed by atoms with Crippen molar-refractivity contribution in [1.82, 2.24) is 14.9 Å². The van der Waals surface area contributed by atoms with Gasteiger partial charge in [0.1, 0.15) is 0 Å². The standard InChI is InChI=1S/C24H24N4O/c1-17-7-5-9-19(13-17)27-24(29)26-15-21(18-8-6-12-25-14-18)22-16-28(2)23-11-4-3-10-20(22)23/h3-14,16,21H,15H2,1-2H3,(H2,26,27,29)/t21-/m1/s1. The van der Waals surface area contributed by atoms with E-state index >= 15 is 0 Å². The minimum atomic E-state index is -0.218. The molecule has 0 saturated heterocycles. The number of benzene rings is 2. The summed E-state index contributed by atoms with van der Waals surface area (Å²) in [6.45, 7) is 2.47. The molecule has 1 atom stereocenters. The molecular formula is C24H24N4O. The van der Waals surface area contributed by atoms with E-state index in [0.717, 1.165) is 16.8 Å². The second-order valence-corrected chi connectivity index (χ2v) is 7.26. The Morgan fingerprint density at radius 3 is 2.76 bits per heavy atom. The Morgan fingerprint density at radius 1 is 1.10 bits per heavy atom. The predicted molar refractivity (Wildman–Crippen MR) is 117 cm³/mol. The van der Waals surface area contributed by atoms with E-state index in [1.165, 1.54) is 16.5 Å². The summed E-state index contributed by atoms with van der Waals surface area (Å²) in [7, 11) is 2.05. The van der Waals surface area contributed by atoms with Gasteiger partial charge >= 0.3 is 6.03 Å². The number of aryl methyl sites for hydroxylation is 2. The van der Waals surface area contributed by atoms with Crippen molar-refractivity contribution in [3.05, 3.63) is 95.9 Å². The zero-order chi connectivity index (χ0) is 20.2. The number of amides is 2. The van der Waals surface area contributed by atoms with Crippen LogP contribution in [-0.4, -0.2) is 22.1 Å². The van der Waals surface area contributed by atoms with Crippen molar-refractivity contribution in [3.63, 3.8) is 0 Å². The first kappa shape index (κ1) is 18.7. The van der Waals surface area contributed by atoms with Crippen LogP contribution in [-0.2, 0) is 7.05 Å². The van der Waals surface area contributed by atoms with Gasteiger partial charge in [0.2, 0.25) is 0 Å². The minimum absolute atomic E-state index is 0.00180. The Kier molecular flexibility index (Phi) is 5.29. The molecule has 0 bridgehead atoms. The van der Waals surface area contributed by atoms with Crippen LogP contribution in [0.25, 0.3) is 10.9 Å². The number of hydrogen-bond donors (Lipinski definition) is 2. The third-order valence-corrected chi connectivity index (χ3v) is 5.13. The van der Waals surface area contributed by atoms with Crippen molar-refractivity contribution >= 4 is 22.6 Å². The number of fused-ring (bicyclic) bond motifs is 1. The van der Waals surface area contributed by atoms with E-state index < -0.39 is 0 Å². The smallest absolute Gasteiger partial charge is 0.319 e. The normalized spacial score (nSPS) is 11.9. The number of nitrogens with zero attached hydrogens (tertiary/aromatic N) is 2. The number of para-hydroxylation sites is 1. The molecule has 0 spiro atoms. The van der Waals surface area contributed by atoms with E-state index in [9.17, 15) is 4.79 Å². The quantitative estimate of drug-likeness (QED) is 0.517. The van der Waals surface area contributed by atoms with Gasteiger partial charge in [-0.15, -0.1) is 0 Å². The number of urea groups is 1. The molecule has 0 aliphatic carbocycles. The van der Waals surface area contributed by atoms with Crippen LogP contribution in [0.2, 0.25) is 0 Å². The van der Waals surface area contributed by atoms with E-state index in [0.29, 0.717) is 6.54 Å². The van der Waals surface area contributed by atoms with E-state index in [2.05, 4.69) is 44.6 Å². The summed E-state index contributed by atoms with van der Waals surface area (Å²) in [5.74, 6) is -0.00180. The number of nitrogens with one attached hydrogen (secondary N) is 2. The fraction of sp³-hybridized carbons (Fsp3) is 0.167. The highest BCUT2D eigenvalue weighted by atomic mass is 16.2. The maximum atomic E-state index is 12.5. The molecule has 0 aliphatic rings. The molecule has 2 amide bonds. The van der Waals surface area contributed by atoms with Gasteiger partial charge in [0.05, 0.1) is 0 Å². The Bertz CT molecular complexity index is 1130. The third kappa shape index (κ3) is 4.14. The van der Waals surface area contributed by atoms with Crippen LogP contribution in [0.1, 0.15) is 22.6 Å². The highest BCUT2D eigenvalue weighted by Crippen LogP contribution is 2.31. The maximum Gasteiger partial charge on any atom is 0.319 e. The number of carbonyl (C=O) groups is 1. The van der Waals surface area contributed by atoms with Gasteiger partial charge in [-0.3, -0.25) is 4.98 Å². The van der Waals surface area contributed by atoms with Gasteiger partial charge in [-0.25, -0.2) is 4.79 Å². The zero-order valence-corrected chi connectivity index (χ0v) is 16.6. The van der Waals surface area contributed by atoms with Gasteiger partial charge in [0.25, 0.3) is 0 Å². The van der Waals surface area contributed by atoms with Crippen LogP contribution in [0.4, 0.5) is 10.5 Å². The van der Waals surface area contributed by atoms with Gasteiger partial charge < -0.3 is 15.2 Å². The summed E-state index contributed by atoms with van der Waals surface area (Å²) < 4.78 is 2.13. The second-order valence-electron chi connectivity index (χ2n) is 7.26. The highest BCUT2D eigenvalue weighted by molar-refractivity contribution is 5.89. The number of hydrogen-bond acceptors (Lipinski definition) is 2. The van der Waals surface area contributed by atoms with E-state index in [1.54, 1.807) is 6.20 Å². The lowest BCUT2D eigenvalue weighted by atomic mass is 9.92. The van der Waals surface area contributed by atoms with Crippen LogP contribution in [0.15, 0.2) is 79.3 Å². The van der Waals surface area contributed by atoms with Crippen LogP contribution >= 0.6 is 0 Å². The topological polar surface area (TPSA) is 59.0 Å². The van der Waals surface area contributed by atoms with Gasteiger partial charge in [-0.05, 0) is 47.9 Å². The zero-order valence-electron chi connectivity index (χ0n) is 16.6. The molecule has 0 aliphatic heterocycles. The van der Waals surface area contributed by atoms with Crippen molar-refractivity contribution in [1.29, 1.82) is 0 Å². The molecule has 0 saturated carbocycles. The summed E-state index contributed by atoms with van der Waals surface area (Å²) in [4.78, 5) is 16.8. The lowest BCUT2D eigenvalue weighted by molar-refractivity contribution is 0.252. The maximum absolute atomic E-state index is 12.5. The average Bonchev–Trinajstić information content (AvgIpc) is 3.06. The SMILES string of the molecule is Cc1cccc(NC(=O)NC[C@H](c2cccnc2)c2cn(C)c3ccccc23)c1. The van der Waals surface area contributed by atoms with Crippen LogP contribution in [0, 0.1) is 6.92 Å². The van der Waals surface area contributed by atoms with Crippen LogP contribution in [0.3, 0.4) is 0 Å². The summed E-state index contributed by atoms with van der Waals surface area (Å²) in [6, 6.07) is 19.9. The third-order valence-electron chi connectivity index (χ3n) is 5.13. The minimum Gasteiger partial charge on any atom is -0.350 e. The van der Waals surface area contributed by atoms with Gasteiger partial charge in [0, 0.05) is 54.7 Å². The predicted octanol–water partition coefficient (Wildman–Crippen LogP) is 4.84. The molecule has 4 rings (SSSR count). The first-order chi connectivity index (χ1) is 14.1. The highest BCUT2D eigenvalue weighted by Gasteiger charge is 2.20. The lowest BCUT2D eigenvalue weighted by Crippen LogP contribution is -2.32. The summed E-state index contributed by atoms with van der Waals surface area (Å²) >= 11 is 0. The molecule has 2 aromatic heterocycles. The summed E-state index contributed by atoms with van der Waals surface area (Å²) in [5.41, 5.74) is 5.30. The number of rotatable bonds is 5. The van der Waals surface area contributed by atoms with Crippen molar-refractivity contribution in [2.45, 2.75) is 12.8 Å². The molecule has 0 unspecified atom stereocenters. The Balaban J connectivity index is 1.59. The van der Waals surface area contributed by atoms with Gasteiger partial charge in [-0.2, -0.15) is 0 Å². The first-order valence-electron chi connectivity index (χ1n) is 9.67. The van der Waals surface area contributed by atoms with Crippen LogP contribution in [0.5, 0.6) is 0 Å². The Labute approximate surface area is 170 Å². The van der Waals surface area contributed by atoms with Gasteiger partial charge in [0.15, 0.2) is 0 Å². The van der Waals surface area contributed by atoms with Crippen LogP contribution < -0.4 is 10.6 Å². The first-order valence-corrected chi connectivity index (χ1v) is 9.67. The number of carbonyl (C=O) groups excluding carboxylic acids is 1. The van der Waals surface area contributed by atoms with Crippen molar-refractivity contribution in [2.75, 3.05) is 11.9 Å². The van der Waals surface area contributed by atoms with Gasteiger partial charge in [-0.1, -0.05) is 36.4 Å². The number of anilines is 1. The molecule has 2 aromatic carbocycles. The molecule has 5 nitrogen and oxygen atoms in total. The molecule has 2 heterocycles. The Hall–Kier alpha value is -3.60. The van der Waals surface area contributed by atoms with E-state index in [-0.39, 0.29) is 11.9 Å². The van der Waals surface area contributed by atoms with E-state index in [4.69, 9.17) is 0 Å². The monoisotopic (exact) mass is 384 g/mol. The summed E-state index contributed by atoms with van der Waals surface area (Å²) in [5, 5.41) is 7.13. The molecule has 146 valence electrons. The second kappa shape index (κ2) is 8.19. The molecule has 29 heavy (non-hydrogen) atoms. The molecule has 4 aromatic rings. The molecule has 0 fully saturated rings. The fourth-order valence-electron chi connectivity index (χ4n) is 3.73. The largest absolute Gasteiger partial charge is 0.350 e. The van der Waals surface area contributed by atoms with Crippen molar-refractivity contribution in [3.8, 4) is 0 Å². The van der Waals surface area contributed by atoms with E-state index in [1.807, 2.05) is 62.6 Å². The summed E-state index contributed by atoms with van der Waals surface area (Å²) in [6.07, 6.45) is 5.77. The molecule has 5 heteroatoms. The molecular weight excluding hydrogens is 360 g/mol. The lowest BCUT2D eigenvalue weighted by Gasteiger charge is -2.18. The average molecular weight is 384 g/mol. The Morgan fingerprint density at radius 2 is 1.97 bits per heavy atom. The number of aromatic nitrogens is 2. The van der Waals surface area contributed by atoms with Crippen molar-refractivity contribution in [2.24, 2.45) is 7.05 Å². The molecule has 2 N–H and O–H groups in total.